The number of hydrogen-bond donors (Lipinski definition) is 1. The van der Waals surface area contributed by atoms with Gasteiger partial charge in [-0.15, -0.1) is 12.4 Å². The second-order valence-corrected chi connectivity index (χ2v) is 6.61. The Balaban J connectivity index is 0.00000156. The predicted octanol–water partition coefficient (Wildman–Crippen LogP) is 2.39. The fraction of sp³-hybridized carbons (Fsp3) is 0.529. The zero-order valence-corrected chi connectivity index (χ0v) is 13.9. The second-order valence-electron chi connectivity index (χ2n) is 6.61. The Bertz CT molecular complexity index is 684. The topological polar surface area (TPSA) is 58.4 Å². The van der Waals surface area contributed by atoms with Gasteiger partial charge in [-0.25, -0.2) is 0 Å². The first-order chi connectivity index (χ1) is 10.8. The third kappa shape index (κ3) is 3.08. The zero-order valence-electron chi connectivity index (χ0n) is 13.1. The van der Waals surface area contributed by atoms with Crippen molar-refractivity contribution in [3.05, 3.63) is 30.0 Å². The summed E-state index contributed by atoms with van der Waals surface area (Å²) in [5, 5.41) is 8.47. The molecule has 0 saturated carbocycles. The van der Waals surface area contributed by atoms with Crippen LogP contribution in [0.25, 0.3) is 11.0 Å². The van der Waals surface area contributed by atoms with Crippen molar-refractivity contribution < 1.29 is 9.32 Å². The predicted molar refractivity (Wildman–Crippen MR) is 90.7 cm³/mol. The number of piperidine rings is 1. The monoisotopic (exact) mass is 335 g/mol. The van der Waals surface area contributed by atoms with E-state index in [1.54, 1.807) is 0 Å². The number of halogens is 1. The van der Waals surface area contributed by atoms with Gasteiger partial charge >= 0.3 is 0 Å². The Kier molecular flexibility index (Phi) is 4.60. The highest BCUT2D eigenvalue weighted by molar-refractivity contribution is 5.86. The molecule has 2 aliphatic rings. The molecule has 0 aliphatic carbocycles. The van der Waals surface area contributed by atoms with Gasteiger partial charge in [-0.2, -0.15) is 0 Å². The van der Waals surface area contributed by atoms with Crippen molar-refractivity contribution in [1.82, 2.24) is 15.4 Å². The summed E-state index contributed by atoms with van der Waals surface area (Å²) in [5.74, 6) is 0.167. The third-order valence-corrected chi connectivity index (χ3v) is 5.28. The summed E-state index contributed by atoms with van der Waals surface area (Å²) in [6, 6.07) is 7.71. The molecule has 23 heavy (non-hydrogen) atoms. The number of para-hydroxylation sites is 1. The lowest BCUT2D eigenvalue weighted by Gasteiger charge is -2.38. The summed E-state index contributed by atoms with van der Waals surface area (Å²) < 4.78 is 5.28. The highest BCUT2D eigenvalue weighted by Crippen LogP contribution is 2.37. The van der Waals surface area contributed by atoms with Crippen LogP contribution in [-0.2, 0) is 11.2 Å². The molecule has 1 spiro atoms. The number of fused-ring (bicyclic) bond motifs is 1. The summed E-state index contributed by atoms with van der Waals surface area (Å²) in [7, 11) is 0. The van der Waals surface area contributed by atoms with Crippen LogP contribution in [0.1, 0.15) is 25.0 Å². The fourth-order valence-electron chi connectivity index (χ4n) is 3.77. The van der Waals surface area contributed by atoms with Crippen LogP contribution < -0.4 is 5.32 Å². The van der Waals surface area contributed by atoms with E-state index in [4.69, 9.17) is 4.52 Å². The summed E-state index contributed by atoms with van der Waals surface area (Å²) in [4.78, 5) is 14.5. The van der Waals surface area contributed by atoms with Gasteiger partial charge in [-0.3, -0.25) is 4.79 Å². The molecule has 1 aromatic carbocycles. The van der Waals surface area contributed by atoms with Crippen molar-refractivity contribution in [1.29, 1.82) is 0 Å². The molecule has 2 fully saturated rings. The number of likely N-dealkylation sites (tertiary alicyclic amines) is 1. The van der Waals surface area contributed by atoms with Crippen LogP contribution in [0.2, 0.25) is 0 Å². The molecule has 0 bridgehead atoms. The summed E-state index contributed by atoms with van der Waals surface area (Å²) >= 11 is 0. The van der Waals surface area contributed by atoms with Crippen LogP contribution in [0.15, 0.2) is 28.8 Å². The summed E-state index contributed by atoms with van der Waals surface area (Å²) in [5.41, 5.74) is 1.94. The molecule has 0 radical (unpaired) electrons. The lowest BCUT2D eigenvalue weighted by atomic mass is 9.78. The molecule has 2 aromatic rings. The van der Waals surface area contributed by atoms with Gasteiger partial charge in [-0.1, -0.05) is 17.3 Å². The van der Waals surface area contributed by atoms with Crippen molar-refractivity contribution in [3.63, 3.8) is 0 Å². The van der Waals surface area contributed by atoms with E-state index < -0.39 is 0 Å². The van der Waals surface area contributed by atoms with E-state index >= 15 is 0 Å². The quantitative estimate of drug-likeness (QED) is 0.915. The Morgan fingerprint density at radius 3 is 2.78 bits per heavy atom. The number of hydrogen-bond acceptors (Lipinski definition) is 4. The molecule has 1 amide bonds. The van der Waals surface area contributed by atoms with Gasteiger partial charge in [0.2, 0.25) is 5.91 Å². The zero-order chi connectivity index (χ0) is 15.0. The summed E-state index contributed by atoms with van der Waals surface area (Å²) in [6.45, 7) is 3.98. The minimum Gasteiger partial charge on any atom is -0.356 e. The molecule has 124 valence electrons. The molecule has 1 N–H and O–H groups in total. The highest BCUT2D eigenvalue weighted by atomic mass is 35.5. The maximum Gasteiger partial charge on any atom is 0.228 e. The standard InChI is InChI=1S/C17H21N3O2.ClH/c21-16(11-14-13-3-1-2-4-15(13)22-19-14)20-9-6-17(7-10-20)5-8-18-12-17;/h1-4,18H,5-12H2;1H. The number of carbonyl (C=O) groups is 1. The Hall–Kier alpha value is -1.59. The molecule has 2 aliphatic heterocycles. The number of amides is 1. The van der Waals surface area contributed by atoms with Gasteiger partial charge in [0.25, 0.3) is 0 Å². The van der Waals surface area contributed by atoms with Gasteiger partial charge in [0, 0.05) is 25.0 Å². The maximum absolute atomic E-state index is 12.5. The molecule has 0 atom stereocenters. The number of nitrogens with zero attached hydrogens (tertiary/aromatic N) is 2. The number of aromatic nitrogens is 1. The Morgan fingerprint density at radius 1 is 1.26 bits per heavy atom. The van der Waals surface area contributed by atoms with E-state index in [2.05, 4.69) is 10.5 Å². The van der Waals surface area contributed by atoms with E-state index in [9.17, 15) is 4.79 Å². The average Bonchev–Trinajstić information content (AvgIpc) is 3.16. The van der Waals surface area contributed by atoms with Crippen molar-refractivity contribution in [2.75, 3.05) is 26.2 Å². The molecule has 5 nitrogen and oxygen atoms in total. The van der Waals surface area contributed by atoms with E-state index in [1.165, 1.54) is 6.42 Å². The molecule has 1 aromatic heterocycles. The lowest BCUT2D eigenvalue weighted by molar-refractivity contribution is -0.132. The molecule has 6 heteroatoms. The first kappa shape index (κ1) is 16.3. The number of nitrogens with one attached hydrogen (secondary N) is 1. The fourth-order valence-corrected chi connectivity index (χ4v) is 3.77. The van der Waals surface area contributed by atoms with Crippen LogP contribution in [0.3, 0.4) is 0 Å². The second kappa shape index (κ2) is 6.49. The van der Waals surface area contributed by atoms with Gasteiger partial charge in [0.15, 0.2) is 5.58 Å². The Labute approximate surface area is 141 Å². The number of rotatable bonds is 2. The molecule has 4 rings (SSSR count). The van der Waals surface area contributed by atoms with Crippen LogP contribution in [0.4, 0.5) is 0 Å². The van der Waals surface area contributed by atoms with Gasteiger partial charge < -0.3 is 14.7 Å². The molecular formula is C17H22ClN3O2. The van der Waals surface area contributed by atoms with Crippen molar-refractivity contribution >= 4 is 29.3 Å². The number of benzene rings is 1. The van der Waals surface area contributed by atoms with E-state index in [-0.39, 0.29) is 18.3 Å². The molecular weight excluding hydrogens is 314 g/mol. The minimum absolute atomic E-state index is 0. The van der Waals surface area contributed by atoms with E-state index in [1.807, 2.05) is 29.2 Å². The van der Waals surface area contributed by atoms with Crippen LogP contribution >= 0.6 is 12.4 Å². The SMILES string of the molecule is Cl.O=C(Cc1noc2ccccc12)N1CCC2(CCNC2)CC1. The molecule has 3 heterocycles. The van der Waals surface area contributed by atoms with Crippen LogP contribution in [0.5, 0.6) is 0 Å². The highest BCUT2D eigenvalue weighted by Gasteiger charge is 2.38. The summed E-state index contributed by atoms with van der Waals surface area (Å²) in [6.07, 6.45) is 3.82. The van der Waals surface area contributed by atoms with E-state index in [0.29, 0.717) is 11.8 Å². The largest absolute Gasteiger partial charge is 0.356 e. The third-order valence-electron chi connectivity index (χ3n) is 5.28. The van der Waals surface area contributed by atoms with Crippen LogP contribution in [0, 0.1) is 5.41 Å². The van der Waals surface area contributed by atoms with Crippen molar-refractivity contribution in [2.24, 2.45) is 5.41 Å². The first-order valence-corrected chi connectivity index (χ1v) is 8.08. The van der Waals surface area contributed by atoms with E-state index in [0.717, 1.165) is 55.7 Å². The van der Waals surface area contributed by atoms with Gasteiger partial charge in [0.05, 0.1) is 6.42 Å². The maximum atomic E-state index is 12.5. The van der Waals surface area contributed by atoms with Crippen molar-refractivity contribution in [2.45, 2.75) is 25.7 Å². The lowest BCUT2D eigenvalue weighted by Crippen LogP contribution is -2.44. The Morgan fingerprint density at radius 2 is 2.04 bits per heavy atom. The molecule has 2 saturated heterocycles. The molecule has 0 unspecified atom stereocenters. The van der Waals surface area contributed by atoms with Crippen LogP contribution in [-0.4, -0.2) is 42.1 Å². The number of carbonyl (C=O) groups excluding carboxylic acids is 1. The normalized spacial score (nSPS) is 19.9. The minimum atomic E-state index is 0. The van der Waals surface area contributed by atoms with Gasteiger partial charge in [0.1, 0.15) is 5.69 Å². The smallest absolute Gasteiger partial charge is 0.228 e. The average molecular weight is 336 g/mol. The first-order valence-electron chi connectivity index (χ1n) is 8.08. The van der Waals surface area contributed by atoms with Crippen molar-refractivity contribution in [3.8, 4) is 0 Å². The van der Waals surface area contributed by atoms with Gasteiger partial charge in [-0.05, 0) is 43.4 Å².